The molecular formula is C34H38N10O2. The van der Waals surface area contributed by atoms with E-state index in [9.17, 15) is 4.79 Å². The van der Waals surface area contributed by atoms with Crippen LogP contribution >= 0.6 is 0 Å². The van der Waals surface area contributed by atoms with Crippen molar-refractivity contribution in [2.45, 2.75) is 45.0 Å². The summed E-state index contributed by atoms with van der Waals surface area (Å²) in [6, 6.07) is 20.5. The largest absolute Gasteiger partial charge is 0.444 e. The Morgan fingerprint density at radius 3 is 2.33 bits per heavy atom. The van der Waals surface area contributed by atoms with E-state index in [1.165, 1.54) is 0 Å². The van der Waals surface area contributed by atoms with Crippen LogP contribution in [0.25, 0.3) is 11.2 Å². The average molecular weight is 619 g/mol. The van der Waals surface area contributed by atoms with Crippen LogP contribution in [0, 0.1) is 12.3 Å². The fraction of sp³-hybridized carbons (Fsp3) is 0.353. The number of aromatic amines is 1. The van der Waals surface area contributed by atoms with E-state index in [0.29, 0.717) is 49.4 Å². The van der Waals surface area contributed by atoms with E-state index < -0.39 is 5.60 Å². The van der Waals surface area contributed by atoms with Crippen LogP contribution in [-0.2, 0) is 11.3 Å². The molecule has 1 saturated heterocycles. The Morgan fingerprint density at radius 2 is 1.67 bits per heavy atom. The minimum Gasteiger partial charge on any atom is -0.444 e. The maximum absolute atomic E-state index is 12.9. The third-order valence-corrected chi connectivity index (χ3v) is 7.87. The van der Waals surface area contributed by atoms with Crippen LogP contribution in [0.2, 0.25) is 0 Å². The van der Waals surface area contributed by atoms with Crippen LogP contribution in [0.1, 0.15) is 49.7 Å². The van der Waals surface area contributed by atoms with Crippen molar-refractivity contribution in [1.82, 2.24) is 44.3 Å². The molecule has 0 bridgehead atoms. The van der Waals surface area contributed by atoms with Gasteiger partial charge in [0, 0.05) is 26.2 Å². The number of aromatic nitrogens is 7. The average Bonchev–Trinajstić information content (AvgIpc) is 3.74. The number of carbonyl (C=O) groups is 1. The van der Waals surface area contributed by atoms with Gasteiger partial charge in [-0.15, -0.1) is 11.5 Å². The number of fused-ring (bicyclic) bond motifs is 1. The number of amides is 1. The van der Waals surface area contributed by atoms with Gasteiger partial charge in [0.2, 0.25) is 0 Å². The second-order valence-corrected chi connectivity index (χ2v) is 12.2. The van der Waals surface area contributed by atoms with Crippen LogP contribution in [0.15, 0.2) is 84.5 Å². The van der Waals surface area contributed by atoms with Crippen molar-refractivity contribution in [3.05, 3.63) is 102 Å². The van der Waals surface area contributed by atoms with Crippen LogP contribution in [0.4, 0.5) is 4.79 Å². The quantitative estimate of drug-likeness (QED) is 0.263. The van der Waals surface area contributed by atoms with Gasteiger partial charge in [0.1, 0.15) is 23.4 Å². The third-order valence-electron chi connectivity index (χ3n) is 7.87. The van der Waals surface area contributed by atoms with Crippen molar-refractivity contribution in [1.29, 1.82) is 0 Å². The molecule has 3 aromatic heterocycles. The summed E-state index contributed by atoms with van der Waals surface area (Å²) in [5, 5.41) is 9.29. The van der Waals surface area contributed by atoms with E-state index in [-0.39, 0.29) is 24.7 Å². The summed E-state index contributed by atoms with van der Waals surface area (Å²) in [4.78, 5) is 33.6. The number of hydrogen-bond acceptors (Lipinski definition) is 8. The molecule has 1 fully saturated rings. The molecule has 0 saturated carbocycles. The molecule has 4 heterocycles. The molecule has 0 unspecified atom stereocenters. The van der Waals surface area contributed by atoms with Crippen molar-refractivity contribution < 1.29 is 9.53 Å². The SMILES string of the molecule is C#CCN=c1ncn(Cc2cn([C@H](c3ccccc3)[C@H](c3ccccc3)N3CCN(C(=O)OC(C)(C)C)CC3)nn2)c2nc[nH]c12. The molecule has 1 aliphatic rings. The molecule has 236 valence electrons. The highest BCUT2D eigenvalue weighted by molar-refractivity contribution is 5.69. The molecular weight excluding hydrogens is 580 g/mol. The lowest BCUT2D eigenvalue weighted by atomic mass is 9.91. The van der Waals surface area contributed by atoms with Crippen molar-refractivity contribution >= 4 is 17.3 Å². The number of H-pyrrole nitrogens is 1. The fourth-order valence-electron chi connectivity index (χ4n) is 5.85. The summed E-state index contributed by atoms with van der Waals surface area (Å²) in [6.07, 6.45) is 10.4. The molecule has 0 radical (unpaired) electrons. The normalized spacial score (nSPS) is 15.9. The molecule has 1 aliphatic heterocycles. The van der Waals surface area contributed by atoms with Crippen LogP contribution < -0.4 is 5.49 Å². The summed E-state index contributed by atoms with van der Waals surface area (Å²) < 4.78 is 9.53. The Bertz CT molecular complexity index is 1870. The number of benzene rings is 2. The van der Waals surface area contributed by atoms with E-state index in [1.807, 2.05) is 60.5 Å². The van der Waals surface area contributed by atoms with Gasteiger partial charge in [-0.25, -0.2) is 19.4 Å². The van der Waals surface area contributed by atoms with Gasteiger partial charge in [0.25, 0.3) is 0 Å². The Labute approximate surface area is 267 Å². The number of nitrogens with one attached hydrogen (secondary N) is 1. The summed E-state index contributed by atoms with van der Waals surface area (Å²) >= 11 is 0. The lowest BCUT2D eigenvalue weighted by Crippen LogP contribution is -2.52. The molecule has 5 aromatic rings. The smallest absolute Gasteiger partial charge is 0.410 e. The van der Waals surface area contributed by atoms with Gasteiger partial charge in [-0.05, 0) is 31.9 Å². The highest BCUT2D eigenvalue weighted by Crippen LogP contribution is 2.37. The van der Waals surface area contributed by atoms with E-state index in [2.05, 4.69) is 72.3 Å². The Hall–Kier alpha value is -5.28. The molecule has 12 heteroatoms. The first-order valence-electron chi connectivity index (χ1n) is 15.4. The molecule has 6 rings (SSSR count). The standard InChI is InChI=1S/C34H38N10O2/c1-5-16-35-31-28-32(37-23-36-28)43(24-38-31)21-27-22-44(40-39-27)30(26-14-10-7-11-15-26)29(25-12-8-6-9-13-25)41-17-19-42(20-18-41)33(45)46-34(2,3)4/h1,6-15,22-24,29-30H,16-21H2,2-4H3,(H,36,37)/t29-,30+/m0/s1. The van der Waals surface area contributed by atoms with Gasteiger partial charge in [0.15, 0.2) is 11.1 Å². The summed E-state index contributed by atoms with van der Waals surface area (Å²) in [5.74, 6) is 2.52. The van der Waals surface area contributed by atoms with E-state index in [1.54, 1.807) is 17.6 Å². The lowest BCUT2D eigenvalue weighted by molar-refractivity contribution is 0.00756. The number of hydrogen-bond donors (Lipinski definition) is 1. The summed E-state index contributed by atoms with van der Waals surface area (Å²) in [6.45, 7) is 8.81. The Kier molecular flexibility index (Phi) is 8.94. The molecule has 2 aromatic carbocycles. The maximum atomic E-state index is 12.9. The Balaban J connectivity index is 1.33. The van der Waals surface area contributed by atoms with E-state index in [0.717, 1.165) is 16.8 Å². The number of carbonyl (C=O) groups excluding carboxylic acids is 1. The van der Waals surface area contributed by atoms with Gasteiger partial charge < -0.3 is 19.2 Å². The van der Waals surface area contributed by atoms with E-state index >= 15 is 0 Å². The highest BCUT2D eigenvalue weighted by Gasteiger charge is 2.36. The highest BCUT2D eigenvalue weighted by atomic mass is 16.6. The first kappa shape index (κ1) is 30.7. The number of ether oxygens (including phenoxy) is 1. The molecule has 46 heavy (non-hydrogen) atoms. The van der Waals surface area contributed by atoms with Crippen molar-refractivity contribution in [3.63, 3.8) is 0 Å². The number of nitrogens with zero attached hydrogens (tertiary/aromatic N) is 9. The van der Waals surface area contributed by atoms with Crippen molar-refractivity contribution in [2.75, 3.05) is 32.7 Å². The van der Waals surface area contributed by atoms with Gasteiger partial charge in [-0.3, -0.25) is 9.89 Å². The van der Waals surface area contributed by atoms with Gasteiger partial charge in [-0.2, -0.15) is 0 Å². The zero-order valence-corrected chi connectivity index (χ0v) is 26.3. The molecule has 2 atom stereocenters. The minimum absolute atomic E-state index is 0.0802. The topological polar surface area (TPSA) is 122 Å². The fourth-order valence-corrected chi connectivity index (χ4v) is 5.85. The number of terminal acetylenes is 1. The van der Waals surface area contributed by atoms with Crippen LogP contribution in [0.3, 0.4) is 0 Å². The first-order chi connectivity index (χ1) is 22.3. The Morgan fingerprint density at radius 1 is 1.00 bits per heavy atom. The second kappa shape index (κ2) is 13.4. The van der Waals surface area contributed by atoms with E-state index in [4.69, 9.17) is 16.4 Å². The number of piperazine rings is 1. The maximum Gasteiger partial charge on any atom is 0.410 e. The summed E-state index contributed by atoms with van der Waals surface area (Å²) in [7, 11) is 0. The zero-order valence-electron chi connectivity index (χ0n) is 26.3. The third kappa shape index (κ3) is 6.84. The second-order valence-electron chi connectivity index (χ2n) is 12.2. The molecule has 0 aliphatic carbocycles. The monoisotopic (exact) mass is 618 g/mol. The molecule has 12 nitrogen and oxygen atoms in total. The number of rotatable bonds is 8. The summed E-state index contributed by atoms with van der Waals surface area (Å²) in [5.41, 5.74) is 4.40. The zero-order chi connectivity index (χ0) is 32.1. The van der Waals surface area contributed by atoms with Crippen molar-refractivity contribution in [3.8, 4) is 12.3 Å². The lowest BCUT2D eigenvalue weighted by Gasteiger charge is -2.42. The predicted molar refractivity (Wildman–Crippen MR) is 173 cm³/mol. The molecule has 1 N–H and O–H groups in total. The number of imidazole rings is 1. The first-order valence-corrected chi connectivity index (χ1v) is 15.4. The van der Waals surface area contributed by atoms with Gasteiger partial charge >= 0.3 is 6.09 Å². The molecule has 1 amide bonds. The van der Waals surface area contributed by atoms with Gasteiger partial charge in [-0.1, -0.05) is 71.8 Å². The van der Waals surface area contributed by atoms with Gasteiger partial charge in [0.05, 0.1) is 37.5 Å². The van der Waals surface area contributed by atoms with Crippen molar-refractivity contribution in [2.24, 2.45) is 4.99 Å². The van der Waals surface area contributed by atoms with Crippen LogP contribution in [-0.4, -0.2) is 88.7 Å². The predicted octanol–water partition coefficient (Wildman–Crippen LogP) is 3.82. The minimum atomic E-state index is -0.541. The molecule has 0 spiro atoms. The van der Waals surface area contributed by atoms with Crippen LogP contribution in [0.5, 0.6) is 0 Å².